The molecule has 5 aromatic heterocycles. The highest BCUT2D eigenvalue weighted by molar-refractivity contribution is 6.03. The first kappa shape index (κ1) is 30.9. The van der Waals surface area contributed by atoms with E-state index in [1.54, 1.807) is 40.8 Å². The zero-order valence-corrected chi connectivity index (χ0v) is 28.4. The predicted octanol–water partition coefficient (Wildman–Crippen LogP) is 3.96. The second kappa shape index (κ2) is 12.4. The van der Waals surface area contributed by atoms with Crippen LogP contribution in [0.25, 0.3) is 16.8 Å². The minimum Gasteiger partial charge on any atom is -0.366 e. The number of nitrogens with one attached hydrogen (secondary N) is 2. The summed E-state index contributed by atoms with van der Waals surface area (Å²) < 4.78 is 5.48. The molecule has 0 saturated carbocycles. The molecule has 3 aliphatic rings. The van der Waals surface area contributed by atoms with Gasteiger partial charge in [0.2, 0.25) is 0 Å². The molecule has 15 heteroatoms. The molecule has 0 spiro atoms. The fraction of sp³-hybridized carbons (Fsp3) is 0.306. The fourth-order valence-electron chi connectivity index (χ4n) is 7.42. The van der Waals surface area contributed by atoms with Gasteiger partial charge in [-0.15, -0.1) is 0 Å². The fourth-order valence-corrected chi connectivity index (χ4v) is 7.42. The second-order valence-corrected chi connectivity index (χ2v) is 13.5. The van der Waals surface area contributed by atoms with E-state index in [-0.39, 0.29) is 17.9 Å². The molecule has 0 unspecified atom stereocenters. The van der Waals surface area contributed by atoms with E-state index in [2.05, 4.69) is 53.4 Å². The summed E-state index contributed by atoms with van der Waals surface area (Å²) >= 11 is 0. The minimum absolute atomic E-state index is 0.0345. The van der Waals surface area contributed by atoms with Crippen molar-refractivity contribution in [2.75, 3.05) is 48.8 Å². The lowest BCUT2D eigenvalue weighted by Gasteiger charge is -2.40. The first-order valence-corrected chi connectivity index (χ1v) is 17.2. The number of carbonyl (C=O) groups excluding carboxylic acids is 2. The van der Waals surface area contributed by atoms with E-state index < -0.39 is 0 Å². The average Bonchev–Trinajstić information content (AvgIpc) is 3.94. The number of amides is 2. The van der Waals surface area contributed by atoms with E-state index >= 15 is 0 Å². The van der Waals surface area contributed by atoms with Crippen molar-refractivity contribution in [2.24, 2.45) is 7.05 Å². The van der Waals surface area contributed by atoms with Crippen molar-refractivity contribution in [3.05, 3.63) is 96.0 Å². The highest BCUT2D eigenvalue weighted by atomic mass is 16.2. The maximum atomic E-state index is 12.9. The summed E-state index contributed by atoms with van der Waals surface area (Å²) in [7, 11) is 3.86. The Hall–Kier alpha value is -6.09. The van der Waals surface area contributed by atoms with Crippen LogP contribution in [0, 0.1) is 0 Å². The van der Waals surface area contributed by atoms with E-state index in [0.29, 0.717) is 41.6 Å². The zero-order valence-electron chi connectivity index (χ0n) is 28.4. The summed E-state index contributed by atoms with van der Waals surface area (Å²) in [5.41, 5.74) is 7.82. The summed E-state index contributed by atoms with van der Waals surface area (Å²) in [5, 5.41) is 19.9. The van der Waals surface area contributed by atoms with Crippen LogP contribution in [-0.2, 0) is 20.1 Å². The highest BCUT2D eigenvalue weighted by Gasteiger charge is 2.34. The van der Waals surface area contributed by atoms with Crippen molar-refractivity contribution in [3.8, 4) is 11.1 Å². The Morgan fingerprint density at radius 2 is 1.76 bits per heavy atom. The van der Waals surface area contributed by atoms with Gasteiger partial charge in [-0.2, -0.15) is 19.8 Å². The topological polar surface area (TPSA) is 147 Å². The molecule has 0 atom stereocenters. The molecule has 9 rings (SSSR count). The van der Waals surface area contributed by atoms with Gasteiger partial charge in [-0.25, -0.2) is 9.97 Å². The number of benzene rings is 1. The summed E-state index contributed by atoms with van der Waals surface area (Å²) in [6, 6.07) is 15.8. The molecule has 0 radical (unpaired) electrons. The van der Waals surface area contributed by atoms with Crippen LogP contribution in [0.3, 0.4) is 0 Å². The van der Waals surface area contributed by atoms with Gasteiger partial charge in [-0.3, -0.25) is 23.9 Å². The van der Waals surface area contributed by atoms with Crippen LogP contribution in [-0.4, -0.2) is 94.0 Å². The lowest BCUT2D eigenvalue weighted by molar-refractivity contribution is 0.0781. The second-order valence-electron chi connectivity index (χ2n) is 13.5. The Morgan fingerprint density at radius 3 is 2.59 bits per heavy atom. The van der Waals surface area contributed by atoms with Gasteiger partial charge in [0.15, 0.2) is 5.65 Å². The molecule has 3 aliphatic heterocycles. The molecule has 6 aromatic rings. The van der Waals surface area contributed by atoms with Crippen molar-refractivity contribution in [2.45, 2.75) is 32.0 Å². The summed E-state index contributed by atoms with van der Waals surface area (Å²) in [5.74, 6) is 0.795. The number of aryl methyl sites for hydroxylation is 1. The molecule has 2 fully saturated rings. The number of fused-ring (bicyclic) bond motifs is 4. The third-order valence-electron chi connectivity index (χ3n) is 9.91. The normalized spacial score (nSPS) is 15.9. The maximum Gasteiger partial charge on any atom is 0.272 e. The Kier molecular flexibility index (Phi) is 7.49. The summed E-state index contributed by atoms with van der Waals surface area (Å²) in [6.45, 7) is 4.75. The molecule has 51 heavy (non-hydrogen) atoms. The largest absolute Gasteiger partial charge is 0.366 e. The SMILES string of the molecule is CN1Cc2c(cnn2C2CN(Cc3cccc(C(=O)N4CCCC4)n3)C2)-c2cccc(Nc3cc(NC(=O)c4cnn(C)c4)nc4ccnn34)c21. The van der Waals surface area contributed by atoms with Crippen molar-refractivity contribution < 1.29 is 9.59 Å². The third-order valence-corrected chi connectivity index (χ3v) is 9.91. The molecule has 2 amide bonds. The Bertz CT molecular complexity index is 2290. The van der Waals surface area contributed by atoms with Crippen LogP contribution in [0.1, 0.15) is 51.1 Å². The van der Waals surface area contributed by atoms with Crippen LogP contribution in [0.4, 0.5) is 23.0 Å². The van der Waals surface area contributed by atoms with Gasteiger partial charge in [0.25, 0.3) is 11.8 Å². The molecule has 258 valence electrons. The van der Waals surface area contributed by atoms with Gasteiger partial charge < -0.3 is 20.4 Å². The van der Waals surface area contributed by atoms with E-state index in [1.165, 1.54) is 11.9 Å². The van der Waals surface area contributed by atoms with Crippen LogP contribution >= 0.6 is 0 Å². The Labute approximate surface area is 293 Å². The van der Waals surface area contributed by atoms with Crippen molar-refractivity contribution in [1.82, 2.24) is 48.9 Å². The number of likely N-dealkylation sites (tertiary alicyclic amines) is 2. The van der Waals surface area contributed by atoms with Crippen molar-refractivity contribution in [3.63, 3.8) is 0 Å². The standard InChI is InChI=1S/C36H37N13O2/c1-44-22-30-27(17-39-48(30)25-20-46(21-25)19-24-7-5-10-29(40-24)36(51)47-13-3-4-14-47)26-8-6-9-28(34(26)44)41-33-15-31(42-32-11-12-37-49(32)33)43-35(50)23-16-38-45(2)18-23/h5-12,15-18,25,41H,3-4,13-14,19-22H2,1-2H3,(H,42,43,50). The van der Waals surface area contributed by atoms with E-state index in [4.69, 9.17) is 10.1 Å². The monoisotopic (exact) mass is 683 g/mol. The molecular weight excluding hydrogens is 646 g/mol. The molecule has 0 aliphatic carbocycles. The number of para-hydroxylation sites is 1. The average molecular weight is 684 g/mol. The van der Waals surface area contributed by atoms with Crippen LogP contribution in [0.2, 0.25) is 0 Å². The number of anilines is 4. The van der Waals surface area contributed by atoms with Crippen LogP contribution < -0.4 is 15.5 Å². The molecule has 15 nitrogen and oxygen atoms in total. The number of pyridine rings is 1. The Balaban J connectivity index is 0.924. The van der Waals surface area contributed by atoms with Gasteiger partial charge in [0.1, 0.15) is 17.3 Å². The van der Waals surface area contributed by atoms with E-state index in [9.17, 15) is 9.59 Å². The Morgan fingerprint density at radius 1 is 0.922 bits per heavy atom. The lowest BCUT2D eigenvalue weighted by Crippen LogP contribution is -2.48. The smallest absolute Gasteiger partial charge is 0.272 e. The van der Waals surface area contributed by atoms with Gasteiger partial charge in [0, 0.05) is 76.3 Å². The number of hydrogen-bond donors (Lipinski definition) is 2. The first-order chi connectivity index (χ1) is 24.9. The zero-order chi connectivity index (χ0) is 34.6. The number of hydrogen-bond acceptors (Lipinski definition) is 10. The first-order valence-electron chi connectivity index (χ1n) is 17.2. The van der Waals surface area contributed by atoms with Gasteiger partial charge >= 0.3 is 0 Å². The molecule has 8 heterocycles. The van der Waals surface area contributed by atoms with Crippen LogP contribution in [0.15, 0.2) is 73.3 Å². The molecule has 2 N–H and O–H groups in total. The number of rotatable bonds is 8. The van der Waals surface area contributed by atoms with Crippen LogP contribution in [0.5, 0.6) is 0 Å². The maximum absolute atomic E-state index is 12.9. The quantitative estimate of drug-likeness (QED) is 0.242. The number of carbonyl (C=O) groups is 2. The summed E-state index contributed by atoms with van der Waals surface area (Å²) in [4.78, 5) is 41.6. The van der Waals surface area contributed by atoms with Crippen molar-refractivity contribution >= 4 is 40.5 Å². The molecule has 1 aromatic carbocycles. The molecular formula is C36H37N13O2. The number of nitrogens with zero attached hydrogens (tertiary/aromatic N) is 11. The molecule has 0 bridgehead atoms. The highest BCUT2D eigenvalue weighted by Crippen LogP contribution is 2.44. The minimum atomic E-state index is -0.295. The number of aromatic nitrogens is 8. The third kappa shape index (κ3) is 5.64. The van der Waals surface area contributed by atoms with Crippen molar-refractivity contribution in [1.29, 1.82) is 0 Å². The van der Waals surface area contributed by atoms with E-state index in [1.807, 2.05) is 41.4 Å². The predicted molar refractivity (Wildman–Crippen MR) is 191 cm³/mol. The van der Waals surface area contributed by atoms with Gasteiger partial charge in [-0.05, 0) is 31.0 Å². The summed E-state index contributed by atoms with van der Waals surface area (Å²) in [6.07, 6.45) is 8.97. The van der Waals surface area contributed by atoms with Gasteiger partial charge in [-0.1, -0.05) is 18.2 Å². The van der Waals surface area contributed by atoms with E-state index in [0.717, 1.165) is 67.2 Å². The lowest BCUT2D eigenvalue weighted by atomic mass is 9.97. The molecule has 2 saturated heterocycles. The van der Waals surface area contributed by atoms with Gasteiger partial charge in [0.05, 0.1) is 59.5 Å².